The molecule has 2 heterocycles. The molecular formula is C21H40N4O4. The van der Waals surface area contributed by atoms with Crippen LogP contribution in [0.4, 0.5) is 0 Å². The minimum Gasteiger partial charge on any atom is -0.354 e. The summed E-state index contributed by atoms with van der Waals surface area (Å²) in [5.74, 6) is 0.0363. The molecule has 168 valence electrons. The second-order valence-corrected chi connectivity index (χ2v) is 7.34. The Balaban J connectivity index is 0.00000272. The molecule has 0 spiro atoms. The zero-order valence-corrected chi connectivity index (χ0v) is 19.3. The quantitative estimate of drug-likeness (QED) is 0.601. The van der Waals surface area contributed by atoms with Gasteiger partial charge in [0.2, 0.25) is 0 Å². The number of hydrogen-bond donors (Lipinski definition) is 1. The van der Waals surface area contributed by atoms with Gasteiger partial charge in [0.25, 0.3) is 5.56 Å². The predicted octanol–water partition coefficient (Wildman–Crippen LogP) is 3.70. The Kier molecular flexibility index (Phi) is 9.79. The number of ether oxygens (including phenoxy) is 2. The number of nitrogens with zero attached hydrogens (tertiary/aromatic N) is 3. The van der Waals surface area contributed by atoms with Crippen molar-refractivity contribution in [3.05, 3.63) is 26.7 Å². The number of fused-ring (bicyclic) bond motifs is 1. The lowest BCUT2D eigenvalue weighted by Crippen LogP contribution is -2.40. The summed E-state index contributed by atoms with van der Waals surface area (Å²) in [5.41, 5.74) is 0.262. The third-order valence-electron chi connectivity index (χ3n) is 4.57. The highest BCUT2D eigenvalue weighted by molar-refractivity contribution is 5.69. The van der Waals surface area contributed by atoms with Crippen LogP contribution in [0.5, 0.6) is 0 Å². The fourth-order valence-corrected chi connectivity index (χ4v) is 3.11. The van der Waals surface area contributed by atoms with E-state index in [9.17, 15) is 9.59 Å². The van der Waals surface area contributed by atoms with Crippen molar-refractivity contribution in [2.75, 3.05) is 7.11 Å². The molecule has 29 heavy (non-hydrogen) atoms. The van der Waals surface area contributed by atoms with Crippen LogP contribution < -0.4 is 11.2 Å². The monoisotopic (exact) mass is 412 g/mol. The number of nitrogens with one attached hydrogen (secondary N) is 1. The maximum Gasteiger partial charge on any atom is 0.332 e. The molecule has 0 amide bonds. The van der Waals surface area contributed by atoms with Gasteiger partial charge in [-0.1, -0.05) is 27.7 Å². The van der Waals surface area contributed by atoms with E-state index in [4.69, 9.17) is 9.47 Å². The van der Waals surface area contributed by atoms with Gasteiger partial charge in [0, 0.05) is 28.0 Å². The highest BCUT2D eigenvalue weighted by Crippen LogP contribution is 2.16. The minimum atomic E-state index is -0.650. The van der Waals surface area contributed by atoms with Crippen molar-refractivity contribution in [2.45, 2.75) is 99.1 Å². The van der Waals surface area contributed by atoms with Crippen molar-refractivity contribution < 1.29 is 10.9 Å². The number of hydrogen-bond acceptors (Lipinski definition) is 5. The highest BCUT2D eigenvalue weighted by atomic mass is 16.7. The molecule has 1 atom stereocenters. The van der Waals surface area contributed by atoms with E-state index in [0.29, 0.717) is 42.9 Å². The maximum absolute atomic E-state index is 12.7. The summed E-state index contributed by atoms with van der Waals surface area (Å²) in [5, 5.41) is 0. The molecular weight excluding hydrogens is 372 g/mol. The molecule has 1 unspecified atom stereocenters. The molecule has 8 nitrogen and oxygen atoms in total. The van der Waals surface area contributed by atoms with Gasteiger partial charge in [-0.2, -0.15) is 0 Å². The summed E-state index contributed by atoms with van der Waals surface area (Å²) < 4.78 is 14.0. The number of H-pyrrole nitrogens is 1. The summed E-state index contributed by atoms with van der Waals surface area (Å²) in [6, 6.07) is 0. The average Bonchev–Trinajstić information content (AvgIpc) is 3.12. The summed E-state index contributed by atoms with van der Waals surface area (Å²) in [6.07, 6.45) is 2.80. The Morgan fingerprint density at radius 1 is 1.14 bits per heavy atom. The zero-order chi connectivity index (χ0) is 22.2. The van der Waals surface area contributed by atoms with Crippen molar-refractivity contribution in [1.29, 1.82) is 0 Å². The fraction of sp³-hybridized carbons (Fsp3) is 0.762. The maximum atomic E-state index is 12.7. The third kappa shape index (κ3) is 6.27. The lowest BCUT2D eigenvalue weighted by molar-refractivity contribution is -0.220. The number of methoxy groups -OCH3 is 1. The van der Waals surface area contributed by atoms with Gasteiger partial charge in [-0.05, 0) is 40.0 Å². The summed E-state index contributed by atoms with van der Waals surface area (Å²) in [6.45, 7) is 14.6. The summed E-state index contributed by atoms with van der Waals surface area (Å²) >= 11 is 0. The topological polar surface area (TPSA) is 91.1 Å². The van der Waals surface area contributed by atoms with Crippen molar-refractivity contribution in [3.63, 3.8) is 0 Å². The van der Waals surface area contributed by atoms with E-state index in [1.165, 1.54) is 4.57 Å². The van der Waals surface area contributed by atoms with E-state index < -0.39 is 5.79 Å². The van der Waals surface area contributed by atoms with Crippen LogP contribution in [0.3, 0.4) is 0 Å². The third-order valence-corrected chi connectivity index (χ3v) is 4.57. The molecule has 8 heteroatoms. The Bertz CT molecular complexity index is 885. The molecule has 1 N–H and O–H groups in total. The van der Waals surface area contributed by atoms with Crippen LogP contribution >= 0.6 is 0 Å². The van der Waals surface area contributed by atoms with Crippen molar-refractivity contribution in [2.24, 2.45) is 0 Å². The van der Waals surface area contributed by atoms with E-state index in [2.05, 4.69) is 9.97 Å². The Morgan fingerprint density at radius 3 is 2.28 bits per heavy atom. The first-order valence-electron chi connectivity index (χ1n) is 10.7. The number of aromatic amines is 1. The lowest BCUT2D eigenvalue weighted by Gasteiger charge is -2.27. The number of aromatic nitrogens is 4. The molecule has 0 saturated heterocycles. The van der Waals surface area contributed by atoms with Crippen LogP contribution in [0.25, 0.3) is 11.2 Å². The number of rotatable bonds is 10. The van der Waals surface area contributed by atoms with Crippen LogP contribution in [0.1, 0.15) is 75.0 Å². The fourth-order valence-electron chi connectivity index (χ4n) is 3.11. The molecule has 0 fully saturated rings. The van der Waals surface area contributed by atoms with Gasteiger partial charge >= 0.3 is 5.69 Å². The largest absolute Gasteiger partial charge is 0.354 e. The lowest BCUT2D eigenvalue weighted by atomic mass is 10.2. The Morgan fingerprint density at radius 2 is 1.72 bits per heavy atom. The van der Waals surface area contributed by atoms with Crippen molar-refractivity contribution >= 4 is 11.2 Å². The molecule has 2 aromatic heterocycles. The van der Waals surface area contributed by atoms with Gasteiger partial charge < -0.3 is 14.5 Å². The van der Waals surface area contributed by atoms with E-state index in [1.807, 2.05) is 48.5 Å². The molecule has 2 aromatic rings. The minimum absolute atomic E-state index is 0. The predicted molar refractivity (Wildman–Crippen MR) is 119 cm³/mol. The SMILES string of the molecule is CC.CCCn1c(=O)c2[nH]c(CCC(C)OC(C)(C)OC)nc2n(CCC)c1=O.[HH]. The Hall–Kier alpha value is -1.93. The van der Waals surface area contributed by atoms with Gasteiger partial charge in [-0.25, -0.2) is 9.78 Å². The summed E-state index contributed by atoms with van der Waals surface area (Å²) in [4.78, 5) is 33.1. The molecule has 0 saturated carbocycles. The van der Waals surface area contributed by atoms with E-state index in [0.717, 1.165) is 12.8 Å². The van der Waals surface area contributed by atoms with Gasteiger partial charge in [-0.15, -0.1) is 0 Å². The standard InChI is InChI=1S/C19H32N4O4.C2H6.H2/c1-7-11-22-16-15(17(24)23(12-8-2)18(22)25)20-14(21-16)10-9-13(3)27-19(4,5)26-6;1-2;/h13H,7-12H2,1-6H3,(H,20,21);1-2H3;1H. The zero-order valence-electron chi connectivity index (χ0n) is 19.3. The van der Waals surface area contributed by atoms with Crippen LogP contribution in [0, 0.1) is 0 Å². The van der Waals surface area contributed by atoms with E-state index in [-0.39, 0.29) is 18.8 Å². The molecule has 0 aromatic carbocycles. The number of aryl methyl sites for hydroxylation is 2. The van der Waals surface area contributed by atoms with Crippen molar-refractivity contribution in [1.82, 2.24) is 19.1 Å². The smallest absolute Gasteiger partial charge is 0.332 e. The van der Waals surface area contributed by atoms with Crippen LogP contribution in [-0.4, -0.2) is 38.1 Å². The van der Waals surface area contributed by atoms with Gasteiger partial charge in [-0.3, -0.25) is 13.9 Å². The van der Waals surface area contributed by atoms with Crippen molar-refractivity contribution in [3.8, 4) is 0 Å². The Labute approximate surface area is 174 Å². The molecule has 0 bridgehead atoms. The van der Waals surface area contributed by atoms with Crippen LogP contribution in [0.2, 0.25) is 0 Å². The molecule has 0 radical (unpaired) electrons. The van der Waals surface area contributed by atoms with Crippen LogP contribution in [-0.2, 0) is 29.0 Å². The van der Waals surface area contributed by atoms with E-state index in [1.54, 1.807) is 11.7 Å². The first kappa shape index (κ1) is 25.1. The van der Waals surface area contributed by atoms with E-state index >= 15 is 0 Å². The van der Waals surface area contributed by atoms with Crippen LogP contribution in [0.15, 0.2) is 9.59 Å². The molecule has 0 aliphatic carbocycles. The highest BCUT2D eigenvalue weighted by Gasteiger charge is 2.21. The normalized spacial score (nSPS) is 12.7. The first-order chi connectivity index (χ1) is 13.7. The van der Waals surface area contributed by atoms with Gasteiger partial charge in [0.1, 0.15) is 11.3 Å². The van der Waals surface area contributed by atoms with Gasteiger partial charge in [0.05, 0.1) is 6.10 Å². The average molecular weight is 413 g/mol. The molecule has 0 aliphatic heterocycles. The second-order valence-electron chi connectivity index (χ2n) is 7.34. The van der Waals surface area contributed by atoms with Gasteiger partial charge in [0.15, 0.2) is 11.4 Å². The molecule has 2 rings (SSSR count). The molecule has 0 aliphatic rings. The summed E-state index contributed by atoms with van der Waals surface area (Å²) in [7, 11) is 1.61. The number of imidazole rings is 1. The second kappa shape index (κ2) is 11.3. The first-order valence-corrected chi connectivity index (χ1v) is 10.7.